The summed E-state index contributed by atoms with van der Waals surface area (Å²) in [5, 5.41) is 14.7. The van der Waals surface area contributed by atoms with E-state index in [1.54, 1.807) is 6.92 Å². The summed E-state index contributed by atoms with van der Waals surface area (Å²) in [6, 6.07) is 11.9. The van der Waals surface area contributed by atoms with Gasteiger partial charge in [0.2, 0.25) is 5.89 Å². The third kappa shape index (κ3) is 5.55. The Morgan fingerprint density at radius 1 is 1.19 bits per heavy atom. The van der Waals surface area contributed by atoms with Crippen LogP contribution in [0.15, 0.2) is 52.1 Å². The third-order valence-corrected chi connectivity index (χ3v) is 3.39. The Kier molecular flexibility index (Phi) is 7.57. The fraction of sp³-hybridized carbons (Fsp3) is 0.294. The number of halogens is 1. The quantitative estimate of drug-likeness (QED) is 0.329. The smallest absolute Gasteiger partial charge is 0.246 e. The molecule has 2 aromatic heterocycles. The first kappa shape index (κ1) is 19.9. The van der Waals surface area contributed by atoms with Crippen molar-refractivity contribution < 1.29 is 4.52 Å². The van der Waals surface area contributed by atoms with Gasteiger partial charge < -0.3 is 15.2 Å². The Balaban J connectivity index is 0.00000243. The Morgan fingerprint density at radius 2 is 2.00 bits per heavy atom. The van der Waals surface area contributed by atoms with E-state index in [9.17, 15) is 0 Å². The van der Waals surface area contributed by atoms with E-state index in [0.29, 0.717) is 30.8 Å². The Hall–Kier alpha value is -2.43. The molecule has 0 atom stereocenters. The molecular formula is C17H22IN7O. The lowest BCUT2D eigenvalue weighted by Crippen LogP contribution is -2.36. The highest BCUT2D eigenvalue weighted by atomic mass is 127. The van der Waals surface area contributed by atoms with Gasteiger partial charge in [0, 0.05) is 12.7 Å². The van der Waals surface area contributed by atoms with Crippen LogP contribution in [-0.4, -0.2) is 32.4 Å². The van der Waals surface area contributed by atoms with E-state index in [0.717, 1.165) is 17.9 Å². The van der Waals surface area contributed by atoms with Crippen molar-refractivity contribution >= 4 is 29.9 Å². The van der Waals surface area contributed by atoms with Crippen LogP contribution < -0.4 is 10.6 Å². The number of nitrogens with one attached hydrogen (secondary N) is 2. The predicted molar refractivity (Wildman–Crippen MR) is 110 cm³/mol. The van der Waals surface area contributed by atoms with Gasteiger partial charge in [-0.1, -0.05) is 23.4 Å². The lowest BCUT2D eigenvalue weighted by atomic mass is 10.3. The molecule has 0 amide bonds. The van der Waals surface area contributed by atoms with Gasteiger partial charge in [0.25, 0.3) is 0 Å². The summed E-state index contributed by atoms with van der Waals surface area (Å²) in [7, 11) is 0. The molecule has 0 saturated heterocycles. The zero-order valence-corrected chi connectivity index (χ0v) is 17.0. The second-order valence-electron chi connectivity index (χ2n) is 5.37. The van der Waals surface area contributed by atoms with Crippen molar-refractivity contribution in [1.82, 2.24) is 30.6 Å². The van der Waals surface area contributed by atoms with Gasteiger partial charge in [-0.2, -0.15) is 10.1 Å². The molecule has 0 aliphatic heterocycles. The number of hydrogen-bond donors (Lipinski definition) is 2. The molecule has 0 fully saturated rings. The molecule has 0 saturated carbocycles. The van der Waals surface area contributed by atoms with Crippen LogP contribution in [0.2, 0.25) is 0 Å². The SMILES string of the molecule is CCNC(=NCc1ccn(-c2ccccc2)n1)NCc1nc(C)no1.I. The highest BCUT2D eigenvalue weighted by Crippen LogP contribution is 2.07. The second-order valence-corrected chi connectivity index (χ2v) is 5.37. The number of aryl methyl sites for hydroxylation is 1. The average Bonchev–Trinajstić information content (AvgIpc) is 3.27. The molecule has 1 aromatic carbocycles. The molecule has 3 aromatic rings. The number of hydrogen-bond acceptors (Lipinski definition) is 5. The summed E-state index contributed by atoms with van der Waals surface area (Å²) in [6.45, 7) is 5.45. The predicted octanol–water partition coefficient (Wildman–Crippen LogP) is 2.44. The molecular weight excluding hydrogens is 445 g/mol. The lowest BCUT2D eigenvalue weighted by Gasteiger charge is -2.08. The van der Waals surface area contributed by atoms with Gasteiger partial charge in [0.05, 0.1) is 24.5 Å². The summed E-state index contributed by atoms with van der Waals surface area (Å²) in [5.41, 5.74) is 1.91. The van der Waals surface area contributed by atoms with Crippen molar-refractivity contribution in [1.29, 1.82) is 0 Å². The van der Waals surface area contributed by atoms with Crippen molar-refractivity contribution in [3.8, 4) is 5.69 Å². The number of aliphatic imine (C=N–C) groups is 1. The van der Waals surface area contributed by atoms with Gasteiger partial charge in [0.15, 0.2) is 11.8 Å². The first-order chi connectivity index (χ1) is 12.2. The maximum absolute atomic E-state index is 5.09. The maximum atomic E-state index is 5.09. The number of nitrogens with zero attached hydrogens (tertiary/aromatic N) is 5. The first-order valence-electron chi connectivity index (χ1n) is 8.16. The summed E-state index contributed by atoms with van der Waals surface area (Å²) < 4.78 is 6.93. The van der Waals surface area contributed by atoms with Crippen LogP contribution >= 0.6 is 24.0 Å². The summed E-state index contributed by atoms with van der Waals surface area (Å²) in [6.07, 6.45) is 1.93. The number of guanidine groups is 1. The number of rotatable bonds is 6. The van der Waals surface area contributed by atoms with E-state index in [4.69, 9.17) is 4.52 Å². The molecule has 0 spiro atoms. The standard InChI is InChI=1S/C17H21N7O.HI/c1-3-18-17(20-12-16-21-13(2)23-25-16)19-11-14-9-10-24(22-14)15-7-5-4-6-8-15;/h4-10H,3,11-12H2,1-2H3,(H2,18,19,20);1H. The van der Waals surface area contributed by atoms with E-state index >= 15 is 0 Å². The van der Waals surface area contributed by atoms with Crippen LogP contribution in [0.5, 0.6) is 0 Å². The minimum atomic E-state index is 0. The molecule has 3 rings (SSSR count). The van der Waals surface area contributed by atoms with Gasteiger partial charge in [-0.3, -0.25) is 0 Å². The van der Waals surface area contributed by atoms with E-state index in [-0.39, 0.29) is 24.0 Å². The molecule has 8 nitrogen and oxygen atoms in total. The van der Waals surface area contributed by atoms with Crippen LogP contribution in [0.3, 0.4) is 0 Å². The molecule has 2 heterocycles. The van der Waals surface area contributed by atoms with Crippen LogP contribution in [-0.2, 0) is 13.1 Å². The Morgan fingerprint density at radius 3 is 2.69 bits per heavy atom. The summed E-state index contributed by atoms with van der Waals surface area (Å²) in [5.74, 6) is 1.81. The van der Waals surface area contributed by atoms with Gasteiger partial charge >= 0.3 is 0 Å². The molecule has 138 valence electrons. The van der Waals surface area contributed by atoms with Crippen molar-refractivity contribution in [3.63, 3.8) is 0 Å². The number of aromatic nitrogens is 4. The lowest BCUT2D eigenvalue weighted by molar-refractivity contribution is 0.371. The molecule has 9 heteroatoms. The largest absolute Gasteiger partial charge is 0.357 e. The zero-order chi connectivity index (χ0) is 17.5. The van der Waals surface area contributed by atoms with Crippen molar-refractivity contribution in [2.75, 3.05) is 6.54 Å². The second kappa shape index (κ2) is 9.90. The van der Waals surface area contributed by atoms with E-state index in [2.05, 4.69) is 30.9 Å². The van der Waals surface area contributed by atoms with Crippen LogP contribution in [0.1, 0.15) is 24.3 Å². The van der Waals surface area contributed by atoms with E-state index in [1.807, 2.05) is 54.2 Å². The van der Waals surface area contributed by atoms with Gasteiger partial charge in [-0.25, -0.2) is 9.67 Å². The Bertz CT molecular complexity index is 829. The molecule has 0 radical (unpaired) electrons. The number of benzene rings is 1. The van der Waals surface area contributed by atoms with Crippen LogP contribution in [0, 0.1) is 6.92 Å². The minimum Gasteiger partial charge on any atom is -0.357 e. The molecule has 0 aliphatic carbocycles. The zero-order valence-electron chi connectivity index (χ0n) is 14.7. The maximum Gasteiger partial charge on any atom is 0.246 e. The van der Waals surface area contributed by atoms with Crippen LogP contribution in [0.4, 0.5) is 0 Å². The van der Waals surface area contributed by atoms with Crippen molar-refractivity contribution in [3.05, 3.63) is 60.0 Å². The molecule has 26 heavy (non-hydrogen) atoms. The van der Waals surface area contributed by atoms with Crippen LogP contribution in [0.25, 0.3) is 5.69 Å². The van der Waals surface area contributed by atoms with Gasteiger partial charge in [0.1, 0.15) is 0 Å². The molecule has 2 N–H and O–H groups in total. The Labute approximate surface area is 169 Å². The number of para-hydroxylation sites is 1. The summed E-state index contributed by atoms with van der Waals surface area (Å²) in [4.78, 5) is 8.70. The van der Waals surface area contributed by atoms with E-state index in [1.165, 1.54) is 0 Å². The fourth-order valence-electron chi connectivity index (χ4n) is 2.24. The van der Waals surface area contributed by atoms with Crippen molar-refractivity contribution in [2.24, 2.45) is 4.99 Å². The van der Waals surface area contributed by atoms with E-state index < -0.39 is 0 Å². The summed E-state index contributed by atoms with van der Waals surface area (Å²) >= 11 is 0. The topological polar surface area (TPSA) is 93.2 Å². The molecule has 0 unspecified atom stereocenters. The normalized spacial score (nSPS) is 11.1. The molecule has 0 aliphatic rings. The fourth-order valence-corrected chi connectivity index (χ4v) is 2.24. The molecule has 0 bridgehead atoms. The highest BCUT2D eigenvalue weighted by Gasteiger charge is 2.05. The monoisotopic (exact) mass is 467 g/mol. The van der Waals surface area contributed by atoms with Crippen molar-refractivity contribution in [2.45, 2.75) is 26.9 Å². The average molecular weight is 467 g/mol. The minimum absolute atomic E-state index is 0. The third-order valence-electron chi connectivity index (χ3n) is 3.39. The highest BCUT2D eigenvalue weighted by molar-refractivity contribution is 14.0. The van der Waals surface area contributed by atoms with Gasteiger partial charge in [-0.15, -0.1) is 24.0 Å². The van der Waals surface area contributed by atoms with Gasteiger partial charge in [-0.05, 0) is 32.0 Å². The first-order valence-corrected chi connectivity index (χ1v) is 8.16.